The van der Waals surface area contributed by atoms with Crippen LogP contribution in [0.5, 0.6) is 0 Å². The van der Waals surface area contributed by atoms with E-state index >= 15 is 0 Å². The van der Waals surface area contributed by atoms with E-state index in [9.17, 15) is 4.79 Å². The Hall–Kier alpha value is -0.410. The average molecular weight is 199 g/mol. The van der Waals surface area contributed by atoms with Crippen LogP contribution in [0.15, 0.2) is 0 Å². The van der Waals surface area contributed by atoms with Gasteiger partial charge in [0.1, 0.15) is 5.78 Å². The lowest BCUT2D eigenvalue weighted by Crippen LogP contribution is -2.48. The number of ketones is 1. The van der Waals surface area contributed by atoms with Crippen LogP contribution in [0.2, 0.25) is 0 Å². The summed E-state index contributed by atoms with van der Waals surface area (Å²) < 4.78 is 5.20. The topological polar surface area (TPSA) is 29.5 Å². The number of carbonyl (C=O) groups is 1. The van der Waals surface area contributed by atoms with E-state index in [2.05, 4.69) is 18.7 Å². The molecule has 0 spiro atoms. The van der Waals surface area contributed by atoms with Crippen LogP contribution in [-0.2, 0) is 9.53 Å². The highest BCUT2D eigenvalue weighted by Gasteiger charge is 2.28. The molecule has 0 bridgehead atoms. The minimum Gasteiger partial charge on any atom is -0.383 e. The van der Waals surface area contributed by atoms with Gasteiger partial charge in [-0.3, -0.25) is 9.69 Å². The molecular weight excluding hydrogens is 178 g/mol. The highest BCUT2D eigenvalue weighted by Crippen LogP contribution is 2.18. The van der Waals surface area contributed by atoms with E-state index in [0.29, 0.717) is 30.7 Å². The average Bonchev–Trinajstić information content (AvgIpc) is 2.15. The molecule has 1 saturated heterocycles. The molecule has 82 valence electrons. The molecule has 2 atom stereocenters. The predicted molar refractivity (Wildman–Crippen MR) is 56.4 cm³/mol. The van der Waals surface area contributed by atoms with Crippen LogP contribution in [0.25, 0.3) is 0 Å². The van der Waals surface area contributed by atoms with Crippen LogP contribution in [0.3, 0.4) is 0 Å². The van der Waals surface area contributed by atoms with Gasteiger partial charge in [0.25, 0.3) is 0 Å². The molecule has 0 saturated carbocycles. The van der Waals surface area contributed by atoms with E-state index < -0.39 is 0 Å². The number of hydrogen-bond acceptors (Lipinski definition) is 3. The number of Topliss-reactive ketones (excluding diaryl/α,β-unsaturated/α-hetero) is 1. The third-order valence-corrected chi connectivity index (χ3v) is 3.04. The van der Waals surface area contributed by atoms with Crippen molar-refractivity contribution in [3.63, 3.8) is 0 Å². The molecule has 2 unspecified atom stereocenters. The van der Waals surface area contributed by atoms with E-state index in [1.165, 1.54) is 0 Å². The van der Waals surface area contributed by atoms with Crippen LogP contribution >= 0.6 is 0 Å². The fourth-order valence-corrected chi connectivity index (χ4v) is 2.21. The Labute approximate surface area is 86.4 Å². The van der Waals surface area contributed by atoms with E-state index in [1.807, 2.05) is 0 Å². The van der Waals surface area contributed by atoms with Crippen molar-refractivity contribution in [1.82, 2.24) is 4.90 Å². The molecule has 1 heterocycles. The lowest BCUT2D eigenvalue weighted by Gasteiger charge is -2.38. The normalized spacial score (nSPS) is 26.5. The number of methoxy groups -OCH3 is 1. The van der Waals surface area contributed by atoms with Gasteiger partial charge in [0.15, 0.2) is 0 Å². The van der Waals surface area contributed by atoms with Gasteiger partial charge in [-0.25, -0.2) is 0 Å². The number of piperidine rings is 1. The van der Waals surface area contributed by atoms with Gasteiger partial charge in [-0.05, 0) is 13.3 Å². The van der Waals surface area contributed by atoms with Gasteiger partial charge >= 0.3 is 0 Å². The van der Waals surface area contributed by atoms with Gasteiger partial charge in [0.2, 0.25) is 0 Å². The van der Waals surface area contributed by atoms with E-state index in [0.717, 1.165) is 19.6 Å². The zero-order valence-corrected chi connectivity index (χ0v) is 9.45. The minimum absolute atomic E-state index is 0.386. The van der Waals surface area contributed by atoms with Crippen molar-refractivity contribution in [2.24, 2.45) is 0 Å². The van der Waals surface area contributed by atoms with Crippen molar-refractivity contribution in [3.8, 4) is 0 Å². The highest BCUT2D eigenvalue weighted by atomic mass is 16.5. The Kier molecular flexibility index (Phi) is 4.55. The Bertz CT molecular complexity index is 194. The van der Waals surface area contributed by atoms with Crippen molar-refractivity contribution < 1.29 is 9.53 Å². The molecule has 0 aliphatic carbocycles. The number of nitrogens with zero attached hydrogens (tertiary/aromatic N) is 1. The number of likely N-dealkylation sites (tertiary alicyclic amines) is 1. The van der Waals surface area contributed by atoms with Crippen molar-refractivity contribution in [2.75, 3.05) is 20.3 Å². The molecule has 3 heteroatoms. The van der Waals surface area contributed by atoms with Crippen LogP contribution in [0.4, 0.5) is 0 Å². The first-order valence-corrected chi connectivity index (χ1v) is 5.45. The van der Waals surface area contributed by atoms with Gasteiger partial charge in [-0.15, -0.1) is 0 Å². The van der Waals surface area contributed by atoms with Gasteiger partial charge < -0.3 is 4.74 Å². The fraction of sp³-hybridized carbons (Fsp3) is 0.909. The van der Waals surface area contributed by atoms with Crippen LogP contribution in [-0.4, -0.2) is 43.0 Å². The Morgan fingerprint density at radius 2 is 2.36 bits per heavy atom. The number of ether oxygens (including phenoxy) is 1. The van der Waals surface area contributed by atoms with Gasteiger partial charge in [0.05, 0.1) is 6.61 Å². The van der Waals surface area contributed by atoms with Crippen molar-refractivity contribution >= 4 is 5.78 Å². The largest absolute Gasteiger partial charge is 0.383 e. The molecule has 3 nitrogen and oxygen atoms in total. The SMILES string of the molecule is CCC(COC)N1CCC(=O)CC1C. The summed E-state index contributed by atoms with van der Waals surface area (Å²) in [6.45, 7) is 5.99. The minimum atomic E-state index is 0.386. The molecule has 0 radical (unpaired) electrons. The van der Waals surface area contributed by atoms with E-state index in [4.69, 9.17) is 4.74 Å². The zero-order valence-electron chi connectivity index (χ0n) is 9.45. The molecule has 1 rings (SSSR count). The fourth-order valence-electron chi connectivity index (χ4n) is 2.21. The second-order valence-corrected chi connectivity index (χ2v) is 4.10. The molecule has 1 aliphatic heterocycles. The smallest absolute Gasteiger partial charge is 0.135 e. The molecule has 0 aromatic heterocycles. The highest BCUT2D eigenvalue weighted by molar-refractivity contribution is 5.79. The molecule has 0 aromatic carbocycles. The molecular formula is C11H21NO2. The van der Waals surface area contributed by atoms with Gasteiger partial charge in [-0.2, -0.15) is 0 Å². The molecule has 14 heavy (non-hydrogen) atoms. The molecule has 1 fully saturated rings. The number of carbonyl (C=O) groups excluding carboxylic acids is 1. The summed E-state index contributed by atoms with van der Waals surface area (Å²) in [4.78, 5) is 13.6. The van der Waals surface area contributed by atoms with E-state index in [-0.39, 0.29) is 0 Å². The zero-order chi connectivity index (χ0) is 10.6. The van der Waals surface area contributed by atoms with Crippen LogP contribution in [0, 0.1) is 0 Å². The standard InChI is InChI=1S/C11H21NO2/c1-4-10(8-14-3)12-6-5-11(13)7-9(12)2/h9-10H,4-8H2,1-3H3. The third kappa shape index (κ3) is 2.79. The molecule has 0 amide bonds. The quantitative estimate of drug-likeness (QED) is 0.686. The third-order valence-electron chi connectivity index (χ3n) is 3.04. The second-order valence-electron chi connectivity index (χ2n) is 4.10. The van der Waals surface area contributed by atoms with E-state index in [1.54, 1.807) is 7.11 Å². The maximum atomic E-state index is 11.2. The lowest BCUT2D eigenvalue weighted by molar-refractivity contribution is -0.124. The summed E-state index contributed by atoms with van der Waals surface area (Å²) in [5, 5.41) is 0. The summed E-state index contributed by atoms with van der Waals surface area (Å²) in [7, 11) is 1.74. The predicted octanol–water partition coefficient (Wildman–Crippen LogP) is 1.46. The van der Waals surface area contributed by atoms with Gasteiger partial charge in [-0.1, -0.05) is 6.92 Å². The maximum Gasteiger partial charge on any atom is 0.135 e. The summed E-state index contributed by atoms with van der Waals surface area (Å²) in [6.07, 6.45) is 2.51. The second kappa shape index (κ2) is 5.47. The summed E-state index contributed by atoms with van der Waals surface area (Å²) in [5.74, 6) is 0.404. The van der Waals surface area contributed by atoms with Crippen LogP contribution in [0.1, 0.15) is 33.1 Å². The summed E-state index contributed by atoms with van der Waals surface area (Å²) in [5.41, 5.74) is 0. The lowest BCUT2D eigenvalue weighted by atomic mass is 9.99. The van der Waals surface area contributed by atoms with Crippen LogP contribution < -0.4 is 0 Å². The summed E-state index contributed by atoms with van der Waals surface area (Å²) >= 11 is 0. The van der Waals surface area contributed by atoms with Crippen molar-refractivity contribution in [2.45, 2.75) is 45.2 Å². The first-order valence-electron chi connectivity index (χ1n) is 5.45. The summed E-state index contributed by atoms with van der Waals surface area (Å²) in [6, 6.07) is 0.861. The monoisotopic (exact) mass is 199 g/mol. The van der Waals surface area contributed by atoms with Gasteiger partial charge in [0, 0.05) is 38.6 Å². The Morgan fingerprint density at radius 1 is 1.64 bits per heavy atom. The molecule has 0 aromatic rings. The molecule has 0 N–H and O–H groups in total. The number of rotatable bonds is 4. The first-order chi connectivity index (χ1) is 6.69. The number of hydrogen-bond donors (Lipinski definition) is 0. The molecule has 1 aliphatic rings. The first kappa shape index (κ1) is 11.7. The van der Waals surface area contributed by atoms with Crippen molar-refractivity contribution in [1.29, 1.82) is 0 Å². The van der Waals surface area contributed by atoms with Crippen molar-refractivity contribution in [3.05, 3.63) is 0 Å². The Morgan fingerprint density at radius 3 is 2.86 bits per heavy atom. The maximum absolute atomic E-state index is 11.2. The Balaban J connectivity index is 2.52.